The van der Waals surface area contributed by atoms with Crippen LogP contribution >= 0.6 is 7.60 Å². The number of esters is 1. The summed E-state index contributed by atoms with van der Waals surface area (Å²) in [5.74, 6) is -0.564. The van der Waals surface area contributed by atoms with Crippen molar-refractivity contribution < 1.29 is 83.0 Å². The first kappa shape index (κ1) is 20.2. The minimum absolute atomic E-state index is 0. The zero-order chi connectivity index (χ0) is 11.6. The summed E-state index contributed by atoms with van der Waals surface area (Å²) in [6.07, 6.45) is 0. The van der Waals surface area contributed by atoms with E-state index in [1.54, 1.807) is 0 Å². The average molecular weight is 274 g/mol. The van der Waals surface area contributed by atoms with Gasteiger partial charge in [0.2, 0.25) is 0 Å². The van der Waals surface area contributed by atoms with Gasteiger partial charge >= 0.3 is 65.1 Å². The Morgan fingerprint density at radius 3 is 2.18 bits per heavy atom. The first-order chi connectivity index (χ1) is 6.86. The maximum Gasteiger partial charge on any atom is 1.00 e. The van der Waals surface area contributed by atoms with Crippen molar-refractivity contribution >= 4 is 18.9 Å². The van der Waals surface area contributed by atoms with Crippen LogP contribution in [0.1, 0.15) is 15.9 Å². The number of rotatable bonds is 2. The van der Waals surface area contributed by atoms with E-state index >= 15 is 0 Å². The Morgan fingerprint density at radius 2 is 1.82 bits per heavy atom. The van der Waals surface area contributed by atoms with Crippen molar-refractivity contribution in [1.29, 1.82) is 0 Å². The van der Waals surface area contributed by atoms with E-state index < -0.39 is 13.6 Å². The van der Waals surface area contributed by atoms with Gasteiger partial charge in [-0.1, -0.05) is 6.07 Å². The van der Waals surface area contributed by atoms with Crippen LogP contribution in [0, 0.1) is 6.92 Å². The minimum Gasteiger partial charge on any atom is -0.807 e. The van der Waals surface area contributed by atoms with Gasteiger partial charge in [-0.25, -0.2) is 4.79 Å². The van der Waals surface area contributed by atoms with Gasteiger partial charge in [0.05, 0.1) is 12.7 Å². The van der Waals surface area contributed by atoms with Crippen molar-refractivity contribution in [3.63, 3.8) is 0 Å². The molecule has 0 amide bonds. The molecular formula is C9H9Na2O5P. The summed E-state index contributed by atoms with van der Waals surface area (Å²) in [5, 5.41) is -0.326. The summed E-state index contributed by atoms with van der Waals surface area (Å²) in [6.45, 7) is 1.53. The summed E-state index contributed by atoms with van der Waals surface area (Å²) >= 11 is 0. The first-order valence-electron chi connectivity index (χ1n) is 4.08. The Morgan fingerprint density at radius 1 is 1.29 bits per heavy atom. The number of hydrogen-bond donors (Lipinski definition) is 0. The van der Waals surface area contributed by atoms with Crippen molar-refractivity contribution in [2.24, 2.45) is 0 Å². The fraction of sp³-hybridized carbons (Fsp3) is 0.222. The molecule has 0 aliphatic heterocycles. The third kappa shape index (κ3) is 5.55. The monoisotopic (exact) mass is 274 g/mol. The second kappa shape index (κ2) is 8.10. The molecule has 0 aliphatic carbocycles. The third-order valence-corrected chi connectivity index (χ3v) is 2.84. The maximum absolute atomic E-state index is 11.1. The fourth-order valence-electron chi connectivity index (χ4n) is 1.16. The summed E-state index contributed by atoms with van der Waals surface area (Å²) < 4.78 is 15.2. The molecule has 82 valence electrons. The SMILES string of the molecule is COC(=O)c1ccc(P(=O)([O-])[O-])cc1C.[Na+].[Na+]. The van der Waals surface area contributed by atoms with E-state index in [0.717, 1.165) is 12.1 Å². The Kier molecular flexibility index (Phi) is 9.61. The van der Waals surface area contributed by atoms with Crippen molar-refractivity contribution in [1.82, 2.24) is 0 Å². The van der Waals surface area contributed by atoms with E-state index in [1.165, 1.54) is 20.1 Å². The normalized spacial score (nSPS) is 9.88. The van der Waals surface area contributed by atoms with E-state index in [2.05, 4.69) is 4.74 Å². The van der Waals surface area contributed by atoms with Gasteiger partial charge in [0.1, 0.15) is 0 Å². The van der Waals surface area contributed by atoms with Crippen LogP contribution in [0.15, 0.2) is 18.2 Å². The van der Waals surface area contributed by atoms with Gasteiger partial charge in [-0.2, -0.15) is 0 Å². The molecule has 0 aromatic heterocycles. The molecule has 17 heavy (non-hydrogen) atoms. The number of benzene rings is 1. The summed E-state index contributed by atoms with van der Waals surface area (Å²) in [6, 6.07) is 3.52. The largest absolute Gasteiger partial charge is 1.00 e. The van der Waals surface area contributed by atoms with Gasteiger partial charge in [0, 0.05) is 0 Å². The Bertz CT molecular complexity index is 443. The second-order valence-corrected chi connectivity index (χ2v) is 4.50. The molecule has 1 rings (SSSR count). The number of carbonyl (C=O) groups excluding carboxylic acids is 1. The van der Waals surface area contributed by atoms with Gasteiger partial charge in [-0.3, -0.25) is 0 Å². The molecule has 0 aliphatic rings. The fourth-order valence-corrected chi connectivity index (χ4v) is 1.77. The van der Waals surface area contributed by atoms with Gasteiger partial charge in [-0.05, 0) is 37.5 Å². The topological polar surface area (TPSA) is 89.5 Å². The molecule has 5 nitrogen and oxygen atoms in total. The van der Waals surface area contributed by atoms with Crippen molar-refractivity contribution in [2.45, 2.75) is 6.92 Å². The molecule has 1 aromatic rings. The molecule has 0 spiro atoms. The molecule has 0 heterocycles. The number of hydrogen-bond acceptors (Lipinski definition) is 5. The van der Waals surface area contributed by atoms with Crippen LogP contribution in [-0.4, -0.2) is 13.1 Å². The average Bonchev–Trinajstić information content (AvgIpc) is 2.15. The Balaban J connectivity index is 0. The van der Waals surface area contributed by atoms with Crippen molar-refractivity contribution in [3.05, 3.63) is 29.3 Å². The molecule has 8 heteroatoms. The predicted molar refractivity (Wildman–Crippen MR) is 49.8 cm³/mol. The van der Waals surface area contributed by atoms with Crippen LogP contribution in [0.2, 0.25) is 0 Å². The van der Waals surface area contributed by atoms with E-state index in [9.17, 15) is 19.1 Å². The second-order valence-electron chi connectivity index (χ2n) is 2.99. The van der Waals surface area contributed by atoms with Crippen LogP contribution in [0.4, 0.5) is 0 Å². The van der Waals surface area contributed by atoms with Crippen LogP contribution < -0.4 is 74.2 Å². The molecule has 0 radical (unpaired) electrons. The van der Waals surface area contributed by atoms with E-state index in [0.29, 0.717) is 5.56 Å². The van der Waals surface area contributed by atoms with Crippen LogP contribution in [0.5, 0.6) is 0 Å². The molecule has 0 bridgehead atoms. The van der Waals surface area contributed by atoms with Gasteiger partial charge in [0.25, 0.3) is 0 Å². The minimum atomic E-state index is -4.76. The standard InChI is InChI=1S/C9H11O5P.2Na/c1-6-5-7(15(11,12)13)3-4-8(6)9(10)14-2;;/h3-5H,1-2H3,(H2,11,12,13);;/q;2*+1/p-2. The molecule has 0 saturated heterocycles. The number of ether oxygens (including phenoxy) is 1. The summed E-state index contributed by atoms with van der Waals surface area (Å²) in [5.41, 5.74) is 0.640. The molecule has 0 unspecified atom stereocenters. The maximum atomic E-state index is 11.1. The van der Waals surface area contributed by atoms with Crippen LogP contribution in [0.25, 0.3) is 0 Å². The third-order valence-electron chi connectivity index (χ3n) is 1.93. The van der Waals surface area contributed by atoms with E-state index in [1.807, 2.05) is 0 Å². The molecule has 1 aromatic carbocycles. The molecule has 0 fully saturated rings. The van der Waals surface area contributed by atoms with Gasteiger partial charge in [-0.15, -0.1) is 0 Å². The Labute approximate surface area is 144 Å². The molecule has 0 saturated carbocycles. The Hall–Kier alpha value is 0.840. The smallest absolute Gasteiger partial charge is 0.807 e. The first-order valence-corrected chi connectivity index (χ1v) is 5.62. The van der Waals surface area contributed by atoms with Crippen LogP contribution in [0.3, 0.4) is 0 Å². The van der Waals surface area contributed by atoms with E-state index in [-0.39, 0.29) is 70.0 Å². The number of aryl methyl sites for hydroxylation is 1. The summed E-state index contributed by atoms with van der Waals surface area (Å²) in [7, 11) is -3.53. The van der Waals surface area contributed by atoms with Crippen LogP contribution in [-0.2, 0) is 9.30 Å². The zero-order valence-electron chi connectivity index (χ0n) is 10.2. The molecule has 0 atom stereocenters. The van der Waals surface area contributed by atoms with Crippen molar-refractivity contribution in [3.8, 4) is 0 Å². The van der Waals surface area contributed by atoms with E-state index in [4.69, 9.17) is 0 Å². The van der Waals surface area contributed by atoms with Crippen molar-refractivity contribution in [2.75, 3.05) is 7.11 Å². The number of carbonyl (C=O) groups is 1. The number of methoxy groups -OCH3 is 1. The predicted octanol–water partition coefficient (Wildman–Crippen LogP) is -6.67. The van der Waals surface area contributed by atoms with Gasteiger partial charge < -0.3 is 19.1 Å². The zero-order valence-corrected chi connectivity index (χ0v) is 15.1. The molecular weight excluding hydrogens is 265 g/mol. The quantitative estimate of drug-likeness (QED) is 0.304. The summed E-state index contributed by atoms with van der Waals surface area (Å²) in [4.78, 5) is 32.5. The molecule has 0 N–H and O–H groups in total. The van der Waals surface area contributed by atoms with Gasteiger partial charge in [0.15, 0.2) is 0 Å².